The fourth-order valence-electron chi connectivity index (χ4n) is 9.65. The van der Waals surface area contributed by atoms with E-state index in [0.717, 1.165) is 77.0 Å². The number of esters is 2. The van der Waals surface area contributed by atoms with Crippen LogP contribution in [0, 0.1) is 0 Å². The average molecular weight is 1130 g/mol. The minimum atomic E-state index is -4.64. The molecule has 462 valence electrons. The Hall–Kier alpha value is -2.29. The minimum Gasteiger partial charge on any atom is -0.756 e. The van der Waals surface area contributed by atoms with Crippen molar-refractivity contribution in [3.05, 3.63) is 60.8 Å². The third-order valence-electron chi connectivity index (χ3n) is 14.8. The zero-order chi connectivity index (χ0) is 57.7. The number of carbonyl (C=O) groups is 2. The number of allylic oxidation sites excluding steroid dienone is 10. The summed E-state index contributed by atoms with van der Waals surface area (Å²) in [7, 11) is 1.17. The van der Waals surface area contributed by atoms with Gasteiger partial charge in [0.15, 0.2) is 6.10 Å². The molecule has 0 aliphatic carbocycles. The van der Waals surface area contributed by atoms with E-state index in [4.69, 9.17) is 18.5 Å². The zero-order valence-corrected chi connectivity index (χ0v) is 53.5. The highest BCUT2D eigenvalue weighted by Gasteiger charge is 2.22. The predicted molar refractivity (Wildman–Crippen MR) is 337 cm³/mol. The van der Waals surface area contributed by atoms with Crippen molar-refractivity contribution in [2.24, 2.45) is 0 Å². The molecule has 0 radical (unpaired) electrons. The Morgan fingerprint density at radius 1 is 0.405 bits per heavy atom. The summed E-state index contributed by atoms with van der Waals surface area (Å²) in [4.78, 5) is 37.9. The summed E-state index contributed by atoms with van der Waals surface area (Å²) in [6.45, 7) is 4.15. The maximum atomic E-state index is 12.8. The predicted octanol–water partition coefficient (Wildman–Crippen LogP) is 20.8. The van der Waals surface area contributed by atoms with Crippen LogP contribution in [0.3, 0.4) is 0 Å². The fourth-order valence-corrected chi connectivity index (χ4v) is 10.4. The highest BCUT2D eigenvalue weighted by atomic mass is 31.2. The first-order valence-electron chi connectivity index (χ1n) is 33.5. The van der Waals surface area contributed by atoms with Gasteiger partial charge in [-0.2, -0.15) is 0 Å². The third-order valence-corrected chi connectivity index (χ3v) is 15.7. The molecule has 0 N–H and O–H groups in total. The highest BCUT2D eigenvalue weighted by molar-refractivity contribution is 7.45. The quantitative estimate of drug-likeness (QED) is 0.0195. The number of quaternary nitrogens is 1. The van der Waals surface area contributed by atoms with Crippen molar-refractivity contribution in [1.29, 1.82) is 0 Å². The minimum absolute atomic E-state index is 0.0306. The number of phosphoric ester groups is 1. The van der Waals surface area contributed by atoms with Gasteiger partial charge in [-0.3, -0.25) is 14.2 Å². The van der Waals surface area contributed by atoms with Crippen molar-refractivity contribution in [3.8, 4) is 0 Å². The topological polar surface area (TPSA) is 111 Å². The van der Waals surface area contributed by atoms with Crippen molar-refractivity contribution in [3.63, 3.8) is 0 Å². The molecule has 0 saturated heterocycles. The third kappa shape index (κ3) is 64.7. The Kier molecular flexibility index (Phi) is 58.6. The lowest BCUT2D eigenvalue weighted by Gasteiger charge is -2.28. The van der Waals surface area contributed by atoms with Gasteiger partial charge in [-0.05, 0) is 77.0 Å². The first-order chi connectivity index (χ1) is 38.5. The van der Waals surface area contributed by atoms with Crippen LogP contribution in [0.2, 0.25) is 0 Å². The maximum absolute atomic E-state index is 12.8. The summed E-state index contributed by atoms with van der Waals surface area (Å²) in [5, 5.41) is 0. The largest absolute Gasteiger partial charge is 0.756 e. The van der Waals surface area contributed by atoms with Gasteiger partial charge >= 0.3 is 11.9 Å². The van der Waals surface area contributed by atoms with Gasteiger partial charge in [0.1, 0.15) is 19.8 Å². The zero-order valence-electron chi connectivity index (χ0n) is 52.6. The van der Waals surface area contributed by atoms with E-state index in [9.17, 15) is 19.0 Å². The Morgan fingerprint density at radius 2 is 0.722 bits per heavy atom. The standard InChI is InChI=1S/C69H128NO8P/c1-6-8-10-12-14-16-18-20-22-24-25-26-27-28-29-30-31-32-33-34-35-36-37-38-39-40-41-42-43-44-45-46-48-50-52-54-56-58-60-62-69(72)78-67(66-77-79(73,74)76-64-63-70(3,4)5)65-75-68(71)61-59-57-55-53-51-49-47-23-21-19-17-15-13-11-9-7-2/h8,10,14,16,20,22-23,25-26,47,67H,6-7,9,11-13,15,17-19,21,24,27-46,48-66H2,1-5H3/b10-8-,16-14-,22-20-,26-25-,47-23-. The van der Waals surface area contributed by atoms with Crippen LogP contribution in [0.4, 0.5) is 0 Å². The summed E-state index contributed by atoms with van der Waals surface area (Å²) in [6, 6.07) is 0. The molecule has 0 aliphatic heterocycles. The van der Waals surface area contributed by atoms with E-state index in [1.165, 1.54) is 205 Å². The van der Waals surface area contributed by atoms with E-state index in [1.54, 1.807) is 0 Å². The number of unbranched alkanes of at least 4 members (excludes halogenated alkanes) is 38. The first kappa shape index (κ1) is 76.7. The Morgan fingerprint density at radius 3 is 1.09 bits per heavy atom. The average Bonchev–Trinajstić information content (AvgIpc) is 3.41. The van der Waals surface area contributed by atoms with Crippen LogP contribution < -0.4 is 4.89 Å². The normalized spacial score (nSPS) is 13.5. The van der Waals surface area contributed by atoms with Crippen LogP contribution in [-0.4, -0.2) is 70.0 Å². The number of ether oxygens (including phenoxy) is 2. The molecule has 0 amide bonds. The molecule has 0 heterocycles. The lowest BCUT2D eigenvalue weighted by atomic mass is 10.0. The molecule has 0 bridgehead atoms. The number of likely N-dealkylation sites (N-methyl/N-ethyl adjacent to an activating group) is 1. The Balaban J connectivity index is 3.90. The smallest absolute Gasteiger partial charge is 0.306 e. The second-order valence-electron chi connectivity index (χ2n) is 23.8. The van der Waals surface area contributed by atoms with Gasteiger partial charge in [0, 0.05) is 12.8 Å². The second kappa shape index (κ2) is 60.3. The molecule has 0 aromatic rings. The Labute approximate surface area is 489 Å². The van der Waals surface area contributed by atoms with Gasteiger partial charge in [0.25, 0.3) is 7.82 Å². The molecule has 0 aromatic carbocycles. The molecule has 79 heavy (non-hydrogen) atoms. The van der Waals surface area contributed by atoms with Gasteiger partial charge in [0.2, 0.25) is 0 Å². The first-order valence-corrected chi connectivity index (χ1v) is 35.0. The van der Waals surface area contributed by atoms with E-state index >= 15 is 0 Å². The molecule has 2 atom stereocenters. The number of rotatable bonds is 62. The van der Waals surface area contributed by atoms with Crippen molar-refractivity contribution >= 4 is 19.8 Å². The molecule has 10 heteroatoms. The molecular weight excluding hydrogens is 1000 g/mol. The van der Waals surface area contributed by atoms with Crippen LogP contribution >= 0.6 is 7.82 Å². The molecule has 9 nitrogen and oxygen atoms in total. The molecule has 0 fully saturated rings. The van der Waals surface area contributed by atoms with E-state index in [1.807, 2.05) is 21.1 Å². The van der Waals surface area contributed by atoms with Crippen molar-refractivity contribution in [1.82, 2.24) is 0 Å². The summed E-state index contributed by atoms with van der Waals surface area (Å²) in [5.41, 5.74) is 0. The molecule has 0 saturated carbocycles. The van der Waals surface area contributed by atoms with Crippen molar-refractivity contribution in [2.75, 3.05) is 47.5 Å². The van der Waals surface area contributed by atoms with Crippen LogP contribution in [0.5, 0.6) is 0 Å². The van der Waals surface area contributed by atoms with Gasteiger partial charge in [-0.15, -0.1) is 0 Å². The lowest BCUT2D eigenvalue weighted by Crippen LogP contribution is -2.37. The van der Waals surface area contributed by atoms with Gasteiger partial charge in [-0.1, -0.05) is 286 Å². The molecule has 2 unspecified atom stereocenters. The summed E-state index contributed by atoms with van der Waals surface area (Å²) in [5.74, 6) is -0.829. The van der Waals surface area contributed by atoms with Crippen LogP contribution in [0.1, 0.15) is 316 Å². The van der Waals surface area contributed by atoms with E-state index in [2.05, 4.69) is 74.6 Å². The summed E-state index contributed by atoms with van der Waals surface area (Å²) >= 11 is 0. The van der Waals surface area contributed by atoms with Crippen LogP contribution in [0.15, 0.2) is 60.8 Å². The SMILES string of the molecule is CC/C=C\C/C=C\C/C=C\C/C=C\CCCCCCCCCCCCCCCCCCCCCCCCCCCCC(=O)OC(COC(=O)CCCCCCC/C=C\CCCCCCCCC)COP(=O)([O-])OCC[N+](C)(C)C. The van der Waals surface area contributed by atoms with Crippen molar-refractivity contribution < 1.29 is 42.1 Å². The molecular formula is C69H128NO8P. The van der Waals surface area contributed by atoms with Crippen LogP contribution in [-0.2, 0) is 32.7 Å². The number of hydrogen-bond donors (Lipinski definition) is 0. The molecule has 0 aromatic heterocycles. The van der Waals surface area contributed by atoms with Gasteiger partial charge < -0.3 is 27.9 Å². The number of phosphoric acid groups is 1. The molecule has 0 spiro atoms. The summed E-state index contributed by atoms with van der Waals surface area (Å²) < 4.78 is 34.2. The second-order valence-corrected chi connectivity index (χ2v) is 25.2. The number of hydrogen-bond acceptors (Lipinski definition) is 8. The van der Waals surface area contributed by atoms with E-state index < -0.39 is 26.5 Å². The maximum Gasteiger partial charge on any atom is 0.306 e. The van der Waals surface area contributed by atoms with Gasteiger partial charge in [0.05, 0.1) is 27.7 Å². The molecule has 0 rings (SSSR count). The van der Waals surface area contributed by atoms with Crippen molar-refractivity contribution in [2.45, 2.75) is 322 Å². The molecule has 0 aliphatic rings. The lowest BCUT2D eigenvalue weighted by molar-refractivity contribution is -0.870. The highest BCUT2D eigenvalue weighted by Crippen LogP contribution is 2.38. The number of nitrogens with zero attached hydrogens (tertiary/aromatic N) is 1. The fraction of sp³-hybridized carbons (Fsp3) is 0.826. The Bertz CT molecular complexity index is 1520. The van der Waals surface area contributed by atoms with E-state index in [-0.39, 0.29) is 32.0 Å². The monoisotopic (exact) mass is 1130 g/mol. The summed E-state index contributed by atoms with van der Waals surface area (Å²) in [6.07, 6.45) is 78.9. The van der Waals surface area contributed by atoms with Crippen LogP contribution in [0.25, 0.3) is 0 Å². The van der Waals surface area contributed by atoms with E-state index in [0.29, 0.717) is 17.4 Å². The van der Waals surface area contributed by atoms with Gasteiger partial charge in [-0.25, -0.2) is 0 Å². The number of carbonyl (C=O) groups excluding carboxylic acids is 2.